The quantitative estimate of drug-likeness (QED) is 0.508. The highest BCUT2D eigenvalue weighted by atomic mass is 16.7. The Balaban J connectivity index is 3.18. The molecule has 1 saturated heterocycles. The lowest BCUT2D eigenvalue weighted by Gasteiger charge is -2.42. The van der Waals surface area contributed by atoms with E-state index in [-0.39, 0.29) is 0 Å². The van der Waals surface area contributed by atoms with Gasteiger partial charge >= 0.3 is 17.9 Å². The first kappa shape index (κ1) is 17.9. The second-order valence-corrected chi connectivity index (χ2v) is 4.66. The molecule has 0 aromatic heterocycles. The molecule has 0 aromatic rings. The van der Waals surface area contributed by atoms with Crippen LogP contribution in [0.5, 0.6) is 0 Å². The maximum atomic E-state index is 11.2. The van der Waals surface area contributed by atoms with Crippen LogP contribution in [-0.2, 0) is 33.4 Å². The van der Waals surface area contributed by atoms with E-state index >= 15 is 0 Å². The van der Waals surface area contributed by atoms with Crippen LogP contribution in [0.25, 0.3) is 0 Å². The van der Waals surface area contributed by atoms with Crippen LogP contribution in [0, 0.1) is 0 Å². The summed E-state index contributed by atoms with van der Waals surface area (Å²) >= 11 is 0. The molecule has 1 rings (SSSR count). The smallest absolute Gasteiger partial charge is 0.337 e. The van der Waals surface area contributed by atoms with Crippen LogP contribution in [0.3, 0.4) is 0 Å². The van der Waals surface area contributed by atoms with Crippen molar-refractivity contribution in [2.45, 2.75) is 51.4 Å². The molecule has 22 heavy (non-hydrogen) atoms. The zero-order chi connectivity index (χ0) is 17.0. The third-order valence-corrected chi connectivity index (χ3v) is 2.79. The molecule has 1 fully saturated rings. The number of hydrogen-bond donors (Lipinski definition) is 3. The number of carboxylic acid groups (broad SMARTS) is 1. The second kappa shape index (κ2) is 7.18. The molecule has 0 unspecified atom stereocenters. The lowest BCUT2D eigenvalue weighted by atomic mass is 9.96. The number of aliphatic hydroxyl groups excluding tert-OH is 1. The molecule has 1 aliphatic heterocycles. The standard InChI is InChI=1S/C12H17NO9/c1-4(14)13-7-8(20-5(2)15)9(21-6(3)16)10(11(17)18)22-12(7)19/h7-10,12,19H,1-3H3,(H,13,14)(H,17,18)/t7-,8-,9-,10-,12+/m0/s1. The lowest BCUT2D eigenvalue weighted by molar-refractivity contribution is -0.258. The molecule has 5 atom stereocenters. The topological polar surface area (TPSA) is 148 Å². The Morgan fingerprint density at radius 3 is 1.91 bits per heavy atom. The average Bonchev–Trinajstić information content (AvgIpc) is 2.34. The molecule has 1 aliphatic rings. The van der Waals surface area contributed by atoms with Crippen LogP contribution in [-0.4, -0.2) is 64.7 Å². The summed E-state index contributed by atoms with van der Waals surface area (Å²) in [6.07, 6.45) is -6.47. The van der Waals surface area contributed by atoms with Gasteiger partial charge in [-0.2, -0.15) is 0 Å². The Morgan fingerprint density at radius 1 is 1.00 bits per heavy atom. The normalized spacial score (nSPS) is 31.0. The minimum atomic E-state index is -1.76. The molecule has 0 aliphatic carbocycles. The monoisotopic (exact) mass is 319 g/mol. The first-order valence-electron chi connectivity index (χ1n) is 6.31. The average molecular weight is 319 g/mol. The SMILES string of the molecule is CC(=O)N[C@H]1[C@H](OC(C)=O)[C@H](OC(C)=O)[C@@H](C(=O)O)O[C@H]1O. The van der Waals surface area contributed by atoms with Gasteiger partial charge in [0, 0.05) is 20.8 Å². The molecule has 10 heteroatoms. The van der Waals surface area contributed by atoms with Gasteiger partial charge < -0.3 is 29.7 Å². The predicted octanol–water partition coefficient (Wildman–Crippen LogP) is -1.84. The molecule has 1 heterocycles. The number of carbonyl (C=O) groups excluding carboxylic acids is 3. The first-order valence-corrected chi connectivity index (χ1v) is 6.31. The van der Waals surface area contributed by atoms with Gasteiger partial charge in [-0.25, -0.2) is 4.79 Å². The summed E-state index contributed by atoms with van der Waals surface area (Å²) < 4.78 is 14.6. The van der Waals surface area contributed by atoms with Crippen molar-refractivity contribution in [1.29, 1.82) is 0 Å². The van der Waals surface area contributed by atoms with Crippen LogP contribution < -0.4 is 5.32 Å². The van der Waals surface area contributed by atoms with E-state index < -0.39 is 54.5 Å². The summed E-state index contributed by atoms with van der Waals surface area (Å²) in [6, 6.07) is -1.29. The number of carbonyl (C=O) groups is 4. The number of nitrogens with one attached hydrogen (secondary N) is 1. The van der Waals surface area contributed by atoms with E-state index in [2.05, 4.69) is 5.32 Å². The van der Waals surface area contributed by atoms with Crippen molar-refractivity contribution in [1.82, 2.24) is 5.32 Å². The molecule has 10 nitrogen and oxygen atoms in total. The molecule has 0 spiro atoms. The number of ether oxygens (including phenoxy) is 3. The first-order chi connectivity index (χ1) is 10.1. The Labute approximate surface area is 125 Å². The van der Waals surface area contributed by atoms with E-state index in [4.69, 9.17) is 19.3 Å². The molecule has 0 bridgehead atoms. The van der Waals surface area contributed by atoms with Crippen LogP contribution in [0.2, 0.25) is 0 Å². The van der Waals surface area contributed by atoms with Crippen molar-refractivity contribution < 1.29 is 43.6 Å². The number of hydrogen-bond acceptors (Lipinski definition) is 8. The molecule has 0 saturated carbocycles. The van der Waals surface area contributed by atoms with Gasteiger partial charge in [-0.05, 0) is 0 Å². The summed E-state index contributed by atoms with van der Waals surface area (Å²) in [4.78, 5) is 44.8. The van der Waals surface area contributed by atoms with Crippen molar-refractivity contribution in [3.05, 3.63) is 0 Å². The van der Waals surface area contributed by atoms with Gasteiger partial charge in [0.2, 0.25) is 5.91 Å². The number of carboxylic acids is 1. The fraction of sp³-hybridized carbons (Fsp3) is 0.667. The predicted molar refractivity (Wildman–Crippen MR) is 67.2 cm³/mol. The van der Waals surface area contributed by atoms with E-state index in [1.807, 2.05) is 0 Å². The lowest BCUT2D eigenvalue weighted by Crippen LogP contribution is -2.66. The highest BCUT2D eigenvalue weighted by molar-refractivity contribution is 5.76. The summed E-state index contributed by atoms with van der Waals surface area (Å²) in [6.45, 7) is 3.22. The number of aliphatic carboxylic acids is 1. The van der Waals surface area contributed by atoms with Crippen LogP contribution >= 0.6 is 0 Å². The molecular weight excluding hydrogens is 302 g/mol. The maximum Gasteiger partial charge on any atom is 0.337 e. The maximum absolute atomic E-state index is 11.2. The number of rotatable bonds is 4. The van der Waals surface area contributed by atoms with Gasteiger partial charge in [0.05, 0.1) is 0 Å². The summed E-state index contributed by atoms with van der Waals surface area (Å²) in [5, 5.41) is 21.2. The van der Waals surface area contributed by atoms with Crippen LogP contribution in [0.15, 0.2) is 0 Å². The van der Waals surface area contributed by atoms with E-state index in [1.54, 1.807) is 0 Å². The molecule has 3 N–H and O–H groups in total. The highest BCUT2D eigenvalue weighted by Crippen LogP contribution is 2.25. The second-order valence-electron chi connectivity index (χ2n) is 4.66. The van der Waals surface area contributed by atoms with Crippen molar-refractivity contribution in [2.75, 3.05) is 0 Å². The van der Waals surface area contributed by atoms with Crippen molar-refractivity contribution >= 4 is 23.8 Å². The fourth-order valence-corrected chi connectivity index (χ4v) is 2.09. The summed E-state index contributed by atoms with van der Waals surface area (Å²) in [5.74, 6) is -3.76. The van der Waals surface area contributed by atoms with E-state index in [0.29, 0.717) is 0 Å². The Kier molecular flexibility index (Phi) is 5.83. The fourth-order valence-electron chi connectivity index (χ4n) is 2.09. The number of aliphatic hydroxyl groups is 1. The van der Waals surface area contributed by atoms with Crippen molar-refractivity contribution in [2.24, 2.45) is 0 Å². The third-order valence-electron chi connectivity index (χ3n) is 2.79. The molecule has 0 radical (unpaired) electrons. The van der Waals surface area contributed by atoms with E-state index in [1.165, 1.54) is 0 Å². The van der Waals surface area contributed by atoms with Crippen molar-refractivity contribution in [3.63, 3.8) is 0 Å². The number of esters is 2. The van der Waals surface area contributed by atoms with Gasteiger partial charge in [0.15, 0.2) is 24.6 Å². The van der Waals surface area contributed by atoms with E-state index in [9.17, 15) is 24.3 Å². The molecular formula is C12H17NO9. The van der Waals surface area contributed by atoms with Gasteiger partial charge in [0.25, 0.3) is 0 Å². The zero-order valence-corrected chi connectivity index (χ0v) is 12.1. The van der Waals surface area contributed by atoms with Gasteiger partial charge in [0.1, 0.15) is 6.04 Å². The highest BCUT2D eigenvalue weighted by Gasteiger charge is 2.52. The Morgan fingerprint density at radius 2 is 1.50 bits per heavy atom. The summed E-state index contributed by atoms with van der Waals surface area (Å²) in [5.41, 5.74) is 0. The Hall–Kier alpha value is -2.20. The Bertz CT molecular complexity index is 477. The van der Waals surface area contributed by atoms with Gasteiger partial charge in [-0.3, -0.25) is 14.4 Å². The van der Waals surface area contributed by atoms with Gasteiger partial charge in [-0.15, -0.1) is 0 Å². The van der Waals surface area contributed by atoms with Gasteiger partial charge in [-0.1, -0.05) is 0 Å². The van der Waals surface area contributed by atoms with Crippen molar-refractivity contribution in [3.8, 4) is 0 Å². The molecule has 1 amide bonds. The molecule has 124 valence electrons. The molecule has 0 aromatic carbocycles. The van der Waals surface area contributed by atoms with E-state index in [0.717, 1.165) is 20.8 Å². The minimum Gasteiger partial charge on any atom is -0.479 e. The number of amides is 1. The third kappa shape index (κ3) is 4.40. The minimum absolute atomic E-state index is 0.583. The zero-order valence-electron chi connectivity index (χ0n) is 12.1. The largest absolute Gasteiger partial charge is 0.479 e. The van der Waals surface area contributed by atoms with Crippen LogP contribution in [0.1, 0.15) is 20.8 Å². The summed E-state index contributed by atoms with van der Waals surface area (Å²) in [7, 11) is 0. The van der Waals surface area contributed by atoms with Crippen LogP contribution in [0.4, 0.5) is 0 Å².